The summed E-state index contributed by atoms with van der Waals surface area (Å²) in [5.74, 6) is -0.193. The topological polar surface area (TPSA) is 86.8 Å². The minimum absolute atomic E-state index is 0.0775. The Balaban J connectivity index is 2.22. The van der Waals surface area contributed by atoms with Gasteiger partial charge in [0.05, 0.1) is 22.0 Å². The largest absolute Gasteiger partial charge is 0.354 e. The lowest BCUT2D eigenvalue weighted by atomic mass is 10.1. The fraction of sp³-hybridized carbons (Fsp3) is 0.462. The van der Waals surface area contributed by atoms with Gasteiger partial charge in [0, 0.05) is 26.1 Å². The first-order valence-corrected chi connectivity index (χ1v) is 14.6. The quantitative estimate of drug-likeness (QED) is 0.371. The van der Waals surface area contributed by atoms with Crippen molar-refractivity contribution >= 4 is 50.7 Å². The van der Waals surface area contributed by atoms with E-state index < -0.39 is 16.1 Å². The molecule has 0 heterocycles. The highest BCUT2D eigenvalue weighted by Gasteiger charge is 2.29. The molecule has 0 fully saturated rings. The Labute approximate surface area is 224 Å². The number of para-hydroxylation sites is 1. The van der Waals surface area contributed by atoms with Crippen LogP contribution in [0.1, 0.15) is 45.6 Å². The van der Waals surface area contributed by atoms with Crippen LogP contribution in [-0.2, 0) is 26.2 Å². The molecule has 7 nitrogen and oxygen atoms in total. The maximum atomic E-state index is 13.4. The summed E-state index contributed by atoms with van der Waals surface area (Å²) in [6.07, 6.45) is 1.94. The van der Waals surface area contributed by atoms with Gasteiger partial charge in [0.2, 0.25) is 21.8 Å². The van der Waals surface area contributed by atoms with Gasteiger partial charge in [-0.25, -0.2) is 8.42 Å². The van der Waals surface area contributed by atoms with E-state index in [1.54, 1.807) is 47.4 Å². The lowest BCUT2D eigenvalue weighted by molar-refractivity contribution is -0.141. The molecule has 10 heteroatoms. The predicted octanol–water partition coefficient (Wildman–Crippen LogP) is 5.12. The van der Waals surface area contributed by atoms with Gasteiger partial charge in [-0.15, -0.1) is 0 Å². The summed E-state index contributed by atoms with van der Waals surface area (Å²) in [5.41, 5.74) is 1.29. The average Bonchev–Trinajstić information content (AvgIpc) is 2.82. The number of rotatable bonds is 13. The summed E-state index contributed by atoms with van der Waals surface area (Å²) in [6, 6.07) is 13.2. The van der Waals surface area contributed by atoms with Gasteiger partial charge >= 0.3 is 0 Å². The second kappa shape index (κ2) is 13.9. The molecule has 0 bridgehead atoms. The minimum atomic E-state index is -3.53. The van der Waals surface area contributed by atoms with E-state index >= 15 is 0 Å². The van der Waals surface area contributed by atoms with E-state index in [-0.39, 0.29) is 37.2 Å². The highest BCUT2D eigenvalue weighted by Crippen LogP contribution is 2.25. The van der Waals surface area contributed by atoms with Gasteiger partial charge in [-0.1, -0.05) is 68.2 Å². The third-order valence-corrected chi connectivity index (χ3v) is 7.54. The zero-order valence-corrected chi connectivity index (χ0v) is 23.5. The number of hydrogen-bond acceptors (Lipinski definition) is 4. The van der Waals surface area contributed by atoms with E-state index in [9.17, 15) is 18.0 Å². The van der Waals surface area contributed by atoms with E-state index in [0.717, 1.165) is 11.8 Å². The van der Waals surface area contributed by atoms with Crippen molar-refractivity contribution < 1.29 is 18.0 Å². The Kier molecular flexibility index (Phi) is 11.5. The standard InChI is InChI=1S/C26H35Cl2N3O4S/c1-5-24(26(33)29-17-19(2)3)30(18-20-13-14-22(27)23(28)16-20)25(32)12-9-15-31(36(4,34)35)21-10-7-6-8-11-21/h6-8,10-11,13-14,16,19,24H,5,9,12,15,17-18H2,1-4H3,(H,29,33). The molecular formula is C26H35Cl2N3O4S. The fourth-order valence-electron chi connectivity index (χ4n) is 3.77. The van der Waals surface area contributed by atoms with Gasteiger partial charge in [0.15, 0.2) is 0 Å². The zero-order valence-electron chi connectivity index (χ0n) is 21.2. The van der Waals surface area contributed by atoms with Gasteiger partial charge in [-0.05, 0) is 48.6 Å². The minimum Gasteiger partial charge on any atom is -0.354 e. The third kappa shape index (κ3) is 8.98. The van der Waals surface area contributed by atoms with E-state index in [1.807, 2.05) is 26.8 Å². The molecule has 0 spiro atoms. The molecule has 0 aliphatic carbocycles. The van der Waals surface area contributed by atoms with Crippen molar-refractivity contribution in [3.05, 3.63) is 64.1 Å². The maximum absolute atomic E-state index is 13.4. The van der Waals surface area contributed by atoms with Crippen LogP contribution in [0.15, 0.2) is 48.5 Å². The van der Waals surface area contributed by atoms with Crippen molar-refractivity contribution in [1.82, 2.24) is 10.2 Å². The number of benzene rings is 2. The number of carbonyl (C=O) groups excluding carboxylic acids is 2. The highest BCUT2D eigenvalue weighted by atomic mass is 35.5. The van der Waals surface area contributed by atoms with Crippen LogP contribution in [0.5, 0.6) is 0 Å². The summed E-state index contributed by atoms with van der Waals surface area (Å²) in [7, 11) is -3.53. The fourth-order valence-corrected chi connectivity index (χ4v) is 5.06. The molecule has 2 rings (SSSR count). The monoisotopic (exact) mass is 555 g/mol. The second-order valence-corrected chi connectivity index (χ2v) is 11.8. The van der Waals surface area contributed by atoms with Crippen LogP contribution in [0.3, 0.4) is 0 Å². The van der Waals surface area contributed by atoms with Crippen molar-refractivity contribution in [3.63, 3.8) is 0 Å². The van der Waals surface area contributed by atoms with Crippen LogP contribution in [0.2, 0.25) is 10.0 Å². The first kappa shape index (κ1) is 29.9. The summed E-state index contributed by atoms with van der Waals surface area (Å²) < 4.78 is 26.0. The Bertz CT molecular complexity index is 1130. The van der Waals surface area contributed by atoms with E-state index in [2.05, 4.69) is 5.32 Å². The van der Waals surface area contributed by atoms with Gasteiger partial charge in [-0.3, -0.25) is 13.9 Å². The summed E-state index contributed by atoms with van der Waals surface area (Å²) in [6.45, 7) is 6.68. The molecule has 2 amide bonds. The molecule has 0 aliphatic heterocycles. The smallest absolute Gasteiger partial charge is 0.242 e. The molecule has 1 N–H and O–H groups in total. The molecule has 36 heavy (non-hydrogen) atoms. The second-order valence-electron chi connectivity index (χ2n) is 9.11. The molecule has 0 aliphatic rings. The first-order chi connectivity index (χ1) is 16.9. The summed E-state index contributed by atoms with van der Waals surface area (Å²) in [4.78, 5) is 28.0. The number of anilines is 1. The van der Waals surface area contributed by atoms with Crippen LogP contribution in [0, 0.1) is 5.92 Å². The highest BCUT2D eigenvalue weighted by molar-refractivity contribution is 7.92. The molecule has 1 unspecified atom stereocenters. The van der Waals surface area contributed by atoms with E-state index in [1.165, 1.54) is 4.31 Å². The van der Waals surface area contributed by atoms with Crippen molar-refractivity contribution in [3.8, 4) is 0 Å². The molecule has 0 saturated carbocycles. The van der Waals surface area contributed by atoms with Gasteiger partial charge in [-0.2, -0.15) is 0 Å². The number of halogens is 2. The first-order valence-electron chi connectivity index (χ1n) is 12.0. The van der Waals surface area contributed by atoms with Crippen molar-refractivity contribution in [1.29, 1.82) is 0 Å². The molecule has 0 aromatic heterocycles. The van der Waals surface area contributed by atoms with Crippen LogP contribution in [-0.4, -0.2) is 50.5 Å². The van der Waals surface area contributed by atoms with Crippen LogP contribution in [0.4, 0.5) is 5.69 Å². The van der Waals surface area contributed by atoms with E-state index in [4.69, 9.17) is 23.2 Å². The number of carbonyl (C=O) groups is 2. The van der Waals surface area contributed by atoms with Crippen LogP contribution in [0.25, 0.3) is 0 Å². The lowest BCUT2D eigenvalue weighted by Crippen LogP contribution is -2.49. The van der Waals surface area contributed by atoms with Crippen LogP contribution >= 0.6 is 23.2 Å². The Morgan fingerprint density at radius 2 is 1.69 bits per heavy atom. The Morgan fingerprint density at radius 3 is 2.25 bits per heavy atom. The van der Waals surface area contributed by atoms with Crippen LogP contribution < -0.4 is 9.62 Å². The predicted molar refractivity (Wildman–Crippen MR) is 147 cm³/mol. The Hall–Kier alpha value is -2.29. The maximum Gasteiger partial charge on any atom is 0.242 e. The molecule has 1 atom stereocenters. The molecule has 2 aromatic carbocycles. The Morgan fingerprint density at radius 1 is 1.03 bits per heavy atom. The molecule has 2 aromatic rings. The average molecular weight is 557 g/mol. The third-order valence-electron chi connectivity index (χ3n) is 5.60. The number of hydrogen-bond donors (Lipinski definition) is 1. The van der Waals surface area contributed by atoms with Crippen molar-refractivity contribution in [2.75, 3.05) is 23.7 Å². The lowest BCUT2D eigenvalue weighted by Gasteiger charge is -2.31. The van der Waals surface area contributed by atoms with Gasteiger partial charge < -0.3 is 10.2 Å². The van der Waals surface area contributed by atoms with Gasteiger partial charge in [0.1, 0.15) is 6.04 Å². The summed E-state index contributed by atoms with van der Waals surface area (Å²) >= 11 is 12.2. The normalized spacial score (nSPS) is 12.3. The molecule has 0 saturated heterocycles. The number of nitrogens with one attached hydrogen (secondary N) is 1. The van der Waals surface area contributed by atoms with Crippen molar-refractivity contribution in [2.24, 2.45) is 5.92 Å². The summed E-state index contributed by atoms with van der Waals surface area (Å²) in [5, 5.41) is 3.69. The number of nitrogens with zero attached hydrogens (tertiary/aromatic N) is 2. The molecule has 0 radical (unpaired) electrons. The van der Waals surface area contributed by atoms with E-state index in [0.29, 0.717) is 35.1 Å². The number of amides is 2. The van der Waals surface area contributed by atoms with Crippen molar-refractivity contribution in [2.45, 2.75) is 52.6 Å². The zero-order chi connectivity index (χ0) is 26.9. The molecule has 198 valence electrons. The number of sulfonamides is 1. The van der Waals surface area contributed by atoms with Gasteiger partial charge in [0.25, 0.3) is 0 Å². The molecular weight excluding hydrogens is 521 g/mol. The SMILES string of the molecule is CCC(C(=O)NCC(C)C)N(Cc1ccc(Cl)c(Cl)c1)C(=O)CCCN(c1ccccc1)S(C)(=O)=O.